The predicted octanol–water partition coefficient (Wildman–Crippen LogP) is 5.02. The second kappa shape index (κ2) is 9.45. The monoisotopic (exact) mass is 409 g/mol. The molecule has 0 aliphatic heterocycles. The van der Waals surface area contributed by atoms with Gasteiger partial charge in [-0.1, -0.05) is 6.07 Å². The lowest BCUT2D eigenvalue weighted by atomic mass is 10.1. The molecule has 0 radical (unpaired) electrons. The van der Waals surface area contributed by atoms with E-state index in [1.807, 2.05) is 0 Å². The summed E-state index contributed by atoms with van der Waals surface area (Å²) in [5.74, 6) is 0.327. The van der Waals surface area contributed by atoms with Gasteiger partial charge in [-0.15, -0.1) is 0 Å². The first kappa shape index (κ1) is 22.3. The van der Waals surface area contributed by atoms with Crippen LogP contribution in [0.3, 0.4) is 0 Å². The molecular weight excluding hydrogens is 387 g/mol. The molecule has 0 aromatic heterocycles. The molecule has 0 atom stereocenters. The topological polar surface area (TPSA) is 64.6 Å². The first-order chi connectivity index (χ1) is 13.6. The fourth-order valence-electron chi connectivity index (χ4n) is 2.65. The molecule has 5 nitrogen and oxygen atoms in total. The molecule has 0 saturated carbocycles. The first-order valence-electron chi connectivity index (χ1n) is 8.91. The average Bonchev–Trinajstić information content (AvgIpc) is 2.65. The number of halogens is 3. The van der Waals surface area contributed by atoms with Crippen LogP contribution in [0.1, 0.15) is 41.3 Å². The van der Waals surface area contributed by atoms with Crippen molar-refractivity contribution in [2.45, 2.75) is 32.9 Å². The van der Waals surface area contributed by atoms with E-state index in [1.165, 1.54) is 33.1 Å². The largest absolute Gasteiger partial charge is 0.493 e. The van der Waals surface area contributed by atoms with Gasteiger partial charge in [0.25, 0.3) is 0 Å². The molecule has 0 unspecified atom stereocenters. The third-order valence-electron chi connectivity index (χ3n) is 4.20. The Kier molecular flexibility index (Phi) is 7.25. The molecule has 0 fully saturated rings. The van der Waals surface area contributed by atoms with Gasteiger partial charge >= 0.3 is 6.18 Å². The Hall–Kier alpha value is -3.03. The number of anilines is 1. The summed E-state index contributed by atoms with van der Waals surface area (Å²) < 4.78 is 49.6. The molecule has 2 aromatic carbocycles. The van der Waals surface area contributed by atoms with Crippen molar-refractivity contribution in [3.05, 3.63) is 53.1 Å². The van der Waals surface area contributed by atoms with Gasteiger partial charge in [-0.05, 0) is 56.2 Å². The number of carbonyl (C=O) groups is 2. The van der Waals surface area contributed by atoms with Crippen LogP contribution < -0.4 is 14.8 Å². The lowest BCUT2D eigenvalue weighted by Crippen LogP contribution is -2.14. The van der Waals surface area contributed by atoms with Gasteiger partial charge in [-0.2, -0.15) is 13.2 Å². The highest BCUT2D eigenvalue weighted by Gasteiger charge is 2.32. The van der Waals surface area contributed by atoms with E-state index in [4.69, 9.17) is 9.47 Å². The van der Waals surface area contributed by atoms with Gasteiger partial charge < -0.3 is 14.8 Å². The minimum absolute atomic E-state index is 0.0725. The molecule has 0 saturated heterocycles. The summed E-state index contributed by atoms with van der Waals surface area (Å²) in [5.41, 5.74) is -0.103. The molecule has 0 aliphatic rings. The van der Waals surface area contributed by atoms with Crippen LogP contribution in [0, 0.1) is 6.92 Å². The van der Waals surface area contributed by atoms with Crippen molar-refractivity contribution in [1.82, 2.24) is 0 Å². The zero-order valence-electron chi connectivity index (χ0n) is 16.4. The summed E-state index contributed by atoms with van der Waals surface area (Å²) in [6.07, 6.45) is -4.06. The molecule has 0 aliphatic carbocycles. The number of aryl methyl sites for hydroxylation is 1. The lowest BCUT2D eigenvalue weighted by Gasteiger charge is -2.13. The van der Waals surface area contributed by atoms with E-state index >= 15 is 0 Å². The van der Waals surface area contributed by atoms with Crippen LogP contribution >= 0.6 is 0 Å². The van der Waals surface area contributed by atoms with Crippen LogP contribution in [0.25, 0.3) is 0 Å². The third kappa shape index (κ3) is 6.23. The van der Waals surface area contributed by atoms with Crippen LogP contribution in [0.5, 0.6) is 11.5 Å². The van der Waals surface area contributed by atoms with Gasteiger partial charge in [0.2, 0.25) is 5.91 Å². The van der Waals surface area contributed by atoms with Crippen LogP contribution in [-0.4, -0.2) is 25.4 Å². The molecule has 2 aromatic rings. The predicted molar refractivity (Wildman–Crippen MR) is 103 cm³/mol. The van der Waals surface area contributed by atoms with E-state index in [1.54, 1.807) is 18.2 Å². The summed E-state index contributed by atoms with van der Waals surface area (Å²) >= 11 is 0. The van der Waals surface area contributed by atoms with Crippen molar-refractivity contribution in [2.75, 3.05) is 19.0 Å². The van der Waals surface area contributed by atoms with Crippen LogP contribution in [0.2, 0.25) is 0 Å². The maximum Gasteiger partial charge on any atom is 0.416 e. The second-order valence-electron chi connectivity index (χ2n) is 6.45. The summed E-state index contributed by atoms with van der Waals surface area (Å²) in [6.45, 7) is 3.01. The normalized spacial score (nSPS) is 11.1. The van der Waals surface area contributed by atoms with Crippen molar-refractivity contribution in [3.8, 4) is 11.5 Å². The maximum atomic E-state index is 12.9. The Morgan fingerprint density at radius 1 is 1.07 bits per heavy atom. The lowest BCUT2D eigenvalue weighted by molar-refractivity contribution is -0.138. The van der Waals surface area contributed by atoms with Gasteiger partial charge in [0.15, 0.2) is 17.3 Å². The first-order valence-corrected chi connectivity index (χ1v) is 8.91. The molecule has 1 N–H and O–H groups in total. The molecular formula is C21H22F3NO4. The smallest absolute Gasteiger partial charge is 0.416 e. The van der Waals surface area contributed by atoms with Crippen LogP contribution in [-0.2, 0) is 11.0 Å². The molecule has 8 heteroatoms. The number of carbonyl (C=O) groups excluding carboxylic acids is 2. The SMILES string of the molecule is COc1cc(C(C)=O)ccc1OCCCC(=O)Nc1ccc(C)c(C(F)(F)F)c1. The number of hydrogen-bond donors (Lipinski definition) is 1. The molecule has 0 spiro atoms. The minimum Gasteiger partial charge on any atom is -0.493 e. The second-order valence-corrected chi connectivity index (χ2v) is 6.45. The number of ether oxygens (including phenoxy) is 2. The van der Waals surface area contributed by atoms with E-state index < -0.39 is 17.6 Å². The summed E-state index contributed by atoms with van der Waals surface area (Å²) in [6, 6.07) is 8.47. The van der Waals surface area contributed by atoms with Crippen molar-refractivity contribution in [1.29, 1.82) is 0 Å². The number of rotatable bonds is 8. The van der Waals surface area contributed by atoms with Crippen LogP contribution in [0.15, 0.2) is 36.4 Å². The number of benzene rings is 2. The number of nitrogens with one attached hydrogen (secondary N) is 1. The van der Waals surface area contributed by atoms with E-state index in [0.717, 1.165) is 6.07 Å². The summed E-state index contributed by atoms with van der Waals surface area (Å²) in [4.78, 5) is 23.4. The van der Waals surface area contributed by atoms with Gasteiger partial charge in [0.05, 0.1) is 19.3 Å². The number of ketones is 1. The van der Waals surface area contributed by atoms with Crippen molar-refractivity contribution in [2.24, 2.45) is 0 Å². The zero-order chi connectivity index (χ0) is 21.6. The Morgan fingerprint density at radius 3 is 2.41 bits per heavy atom. The van der Waals surface area contributed by atoms with Gasteiger partial charge in [0, 0.05) is 17.7 Å². The molecule has 0 bridgehead atoms. The highest BCUT2D eigenvalue weighted by atomic mass is 19.4. The van der Waals surface area contributed by atoms with E-state index in [-0.39, 0.29) is 30.1 Å². The number of hydrogen-bond acceptors (Lipinski definition) is 4. The van der Waals surface area contributed by atoms with Gasteiger partial charge in [-0.25, -0.2) is 0 Å². The number of alkyl halides is 3. The fraction of sp³-hybridized carbons (Fsp3) is 0.333. The third-order valence-corrected chi connectivity index (χ3v) is 4.20. The zero-order valence-corrected chi connectivity index (χ0v) is 16.4. The van der Waals surface area contributed by atoms with Crippen LogP contribution in [0.4, 0.5) is 18.9 Å². The molecule has 0 heterocycles. The quantitative estimate of drug-likeness (QED) is 0.491. The molecule has 29 heavy (non-hydrogen) atoms. The number of Topliss-reactive ketones (excluding diaryl/α,β-unsaturated/α-hetero) is 1. The molecule has 156 valence electrons. The van der Waals surface area contributed by atoms with Crippen molar-refractivity contribution < 1.29 is 32.2 Å². The maximum absolute atomic E-state index is 12.9. The summed E-state index contributed by atoms with van der Waals surface area (Å²) in [7, 11) is 1.45. The van der Waals surface area contributed by atoms with Crippen molar-refractivity contribution >= 4 is 17.4 Å². The Morgan fingerprint density at radius 2 is 1.79 bits per heavy atom. The highest BCUT2D eigenvalue weighted by molar-refractivity contribution is 5.94. The van der Waals surface area contributed by atoms with E-state index in [2.05, 4.69) is 5.32 Å². The number of amides is 1. The standard InChI is InChI=1S/C21H22F3NO4/c1-13-6-8-16(12-17(13)21(22,23)24)25-20(27)5-4-10-29-18-9-7-15(14(2)26)11-19(18)28-3/h6-9,11-12H,4-5,10H2,1-3H3,(H,25,27). The fourth-order valence-corrected chi connectivity index (χ4v) is 2.65. The Labute approximate surface area is 166 Å². The van der Waals surface area contributed by atoms with Crippen molar-refractivity contribution in [3.63, 3.8) is 0 Å². The van der Waals surface area contributed by atoms with E-state index in [9.17, 15) is 22.8 Å². The average molecular weight is 409 g/mol. The molecule has 2 rings (SSSR count). The van der Waals surface area contributed by atoms with Gasteiger partial charge in [0.1, 0.15) is 0 Å². The molecule has 1 amide bonds. The summed E-state index contributed by atoms with van der Waals surface area (Å²) in [5, 5.41) is 2.47. The van der Waals surface area contributed by atoms with Gasteiger partial charge in [-0.3, -0.25) is 9.59 Å². The van der Waals surface area contributed by atoms with E-state index in [0.29, 0.717) is 23.5 Å². The number of methoxy groups -OCH3 is 1. The Bertz CT molecular complexity index is 894. The minimum atomic E-state index is -4.48. The Balaban J connectivity index is 1.87. The highest BCUT2D eigenvalue weighted by Crippen LogP contribution is 2.33.